The van der Waals surface area contributed by atoms with Crippen LogP contribution in [0.3, 0.4) is 0 Å². The smallest absolute Gasteiger partial charge is 0.321 e. The van der Waals surface area contributed by atoms with Crippen molar-refractivity contribution < 1.29 is 9.53 Å². The summed E-state index contributed by atoms with van der Waals surface area (Å²) in [6.07, 6.45) is 55.1. The zero-order valence-electron chi connectivity index (χ0n) is 31.0. The highest BCUT2D eigenvalue weighted by Gasteiger charge is 2.36. The van der Waals surface area contributed by atoms with E-state index >= 15 is 0 Å². The molecular formula is C44H80O2. The van der Waals surface area contributed by atoms with E-state index in [0.717, 1.165) is 18.6 Å². The SMILES string of the molecule is C=CCCCCCCCCCCCCCCCCCC/C=C1/OC(=O)C1CCCCCCCCCCCCCCCCCCC=C. The van der Waals surface area contributed by atoms with E-state index in [1.807, 2.05) is 12.2 Å². The number of unbranched alkanes of at least 4 members (excludes halogenated alkanes) is 33. The molecule has 1 atom stereocenters. The maximum atomic E-state index is 12.0. The Kier molecular flexibility index (Phi) is 32.5. The van der Waals surface area contributed by atoms with Gasteiger partial charge in [-0.05, 0) is 51.0 Å². The van der Waals surface area contributed by atoms with Crippen LogP contribution in [0.4, 0.5) is 0 Å². The molecule has 0 aromatic heterocycles. The fraction of sp³-hybridized carbons (Fsp3) is 0.841. The molecule has 0 amide bonds. The summed E-state index contributed by atoms with van der Waals surface area (Å²) in [6.45, 7) is 7.60. The van der Waals surface area contributed by atoms with Gasteiger partial charge >= 0.3 is 5.97 Å². The van der Waals surface area contributed by atoms with E-state index in [-0.39, 0.29) is 11.9 Å². The standard InChI is InChI=1S/C44H80O2/c1-3-5-7-9-11-13-15-17-19-21-23-25-27-29-31-33-35-37-39-41-43-42(44(45)46-43)40-38-36-34-32-30-28-26-24-22-20-18-16-14-12-10-8-6-4-2/h3-4,41-42H,1-2,5-40H2/b43-41+. The molecule has 0 aliphatic carbocycles. The number of allylic oxidation sites excluding steroid dienone is 3. The van der Waals surface area contributed by atoms with Crippen LogP contribution in [-0.4, -0.2) is 5.97 Å². The van der Waals surface area contributed by atoms with Gasteiger partial charge in [0.05, 0.1) is 0 Å². The van der Waals surface area contributed by atoms with Crippen LogP contribution in [0.2, 0.25) is 0 Å². The first-order chi connectivity index (χ1) is 22.8. The molecule has 46 heavy (non-hydrogen) atoms. The fourth-order valence-electron chi connectivity index (χ4n) is 7.02. The van der Waals surface area contributed by atoms with Gasteiger partial charge in [0.1, 0.15) is 11.7 Å². The van der Waals surface area contributed by atoms with Gasteiger partial charge in [0.25, 0.3) is 0 Å². The molecule has 0 N–H and O–H groups in total. The normalized spacial score (nSPS) is 15.3. The zero-order chi connectivity index (χ0) is 33.0. The highest BCUT2D eigenvalue weighted by Crippen LogP contribution is 2.32. The number of hydrogen-bond donors (Lipinski definition) is 0. The maximum absolute atomic E-state index is 12.0. The summed E-state index contributed by atoms with van der Waals surface area (Å²) in [6, 6.07) is 0. The van der Waals surface area contributed by atoms with Gasteiger partial charge < -0.3 is 4.74 Å². The van der Waals surface area contributed by atoms with Crippen molar-refractivity contribution in [2.24, 2.45) is 5.92 Å². The van der Waals surface area contributed by atoms with Gasteiger partial charge in [-0.3, -0.25) is 4.79 Å². The molecule has 0 aromatic carbocycles. The second kappa shape index (κ2) is 35.0. The van der Waals surface area contributed by atoms with Crippen molar-refractivity contribution >= 4 is 5.97 Å². The maximum Gasteiger partial charge on any atom is 0.321 e. The highest BCUT2D eigenvalue weighted by molar-refractivity contribution is 5.82. The van der Waals surface area contributed by atoms with Crippen LogP contribution in [0.5, 0.6) is 0 Å². The number of hydrogen-bond acceptors (Lipinski definition) is 2. The summed E-state index contributed by atoms with van der Waals surface area (Å²) >= 11 is 0. The number of rotatable bonds is 38. The molecule has 1 aliphatic rings. The van der Waals surface area contributed by atoms with Gasteiger partial charge in [0, 0.05) is 0 Å². The Bertz CT molecular complexity index is 707. The summed E-state index contributed by atoms with van der Waals surface area (Å²) < 4.78 is 5.39. The fourth-order valence-corrected chi connectivity index (χ4v) is 7.02. The van der Waals surface area contributed by atoms with Crippen LogP contribution in [0.1, 0.15) is 231 Å². The van der Waals surface area contributed by atoms with Crippen molar-refractivity contribution in [3.63, 3.8) is 0 Å². The van der Waals surface area contributed by atoms with E-state index in [0.29, 0.717) is 0 Å². The van der Waals surface area contributed by atoms with Crippen molar-refractivity contribution in [1.29, 1.82) is 0 Å². The quantitative estimate of drug-likeness (QED) is 0.0381. The average molecular weight is 641 g/mol. The average Bonchev–Trinajstić information content (AvgIpc) is 3.06. The van der Waals surface area contributed by atoms with Crippen LogP contribution in [0.15, 0.2) is 37.1 Å². The molecular weight excluding hydrogens is 560 g/mol. The summed E-state index contributed by atoms with van der Waals surface area (Å²) in [5, 5.41) is 0. The summed E-state index contributed by atoms with van der Waals surface area (Å²) in [7, 11) is 0. The Hall–Kier alpha value is -1.31. The zero-order valence-corrected chi connectivity index (χ0v) is 31.0. The second-order valence-corrected chi connectivity index (χ2v) is 14.6. The van der Waals surface area contributed by atoms with Gasteiger partial charge in [-0.25, -0.2) is 0 Å². The summed E-state index contributed by atoms with van der Waals surface area (Å²) in [5.41, 5.74) is 0. The molecule has 1 saturated heterocycles. The van der Waals surface area contributed by atoms with E-state index in [1.165, 1.54) is 218 Å². The lowest BCUT2D eigenvalue weighted by atomic mass is 9.93. The van der Waals surface area contributed by atoms with Crippen molar-refractivity contribution in [1.82, 2.24) is 0 Å². The van der Waals surface area contributed by atoms with Crippen LogP contribution in [0.25, 0.3) is 0 Å². The lowest BCUT2D eigenvalue weighted by molar-refractivity contribution is -0.157. The first-order valence-electron chi connectivity index (χ1n) is 20.9. The van der Waals surface area contributed by atoms with Gasteiger partial charge in [0.15, 0.2) is 0 Å². The Morgan fingerprint density at radius 3 is 0.935 bits per heavy atom. The van der Waals surface area contributed by atoms with E-state index < -0.39 is 0 Å². The first-order valence-corrected chi connectivity index (χ1v) is 20.9. The molecule has 2 nitrogen and oxygen atoms in total. The molecule has 2 heteroatoms. The van der Waals surface area contributed by atoms with Crippen LogP contribution >= 0.6 is 0 Å². The van der Waals surface area contributed by atoms with E-state index in [4.69, 9.17) is 4.74 Å². The number of cyclic esters (lactones) is 1. The molecule has 0 aromatic rings. The molecule has 1 fully saturated rings. The molecule has 1 unspecified atom stereocenters. The Morgan fingerprint density at radius 1 is 0.391 bits per heavy atom. The molecule has 1 rings (SSSR count). The Morgan fingerprint density at radius 2 is 0.652 bits per heavy atom. The van der Waals surface area contributed by atoms with Crippen LogP contribution in [0, 0.1) is 5.92 Å². The molecule has 0 radical (unpaired) electrons. The van der Waals surface area contributed by atoms with E-state index in [2.05, 4.69) is 19.2 Å². The number of esters is 1. The van der Waals surface area contributed by atoms with Crippen LogP contribution in [-0.2, 0) is 9.53 Å². The minimum Gasteiger partial charge on any atom is -0.430 e. The minimum absolute atomic E-state index is 0.0182. The summed E-state index contributed by atoms with van der Waals surface area (Å²) in [4.78, 5) is 12.0. The van der Waals surface area contributed by atoms with Crippen molar-refractivity contribution in [2.45, 2.75) is 231 Å². The third-order valence-electron chi connectivity index (χ3n) is 10.2. The van der Waals surface area contributed by atoms with Crippen molar-refractivity contribution in [3.05, 3.63) is 37.1 Å². The monoisotopic (exact) mass is 641 g/mol. The third kappa shape index (κ3) is 27.8. The number of carbonyl (C=O) groups excluding carboxylic acids is 1. The van der Waals surface area contributed by atoms with E-state index in [1.54, 1.807) is 0 Å². The molecule has 1 heterocycles. The largest absolute Gasteiger partial charge is 0.430 e. The topological polar surface area (TPSA) is 26.3 Å². The lowest BCUT2D eigenvalue weighted by Crippen LogP contribution is -2.32. The molecule has 268 valence electrons. The second-order valence-electron chi connectivity index (χ2n) is 14.6. The summed E-state index contributed by atoms with van der Waals surface area (Å²) in [5.74, 6) is 1.08. The Balaban J connectivity index is 1.80. The van der Waals surface area contributed by atoms with Gasteiger partial charge in [-0.1, -0.05) is 198 Å². The van der Waals surface area contributed by atoms with Crippen molar-refractivity contribution in [2.75, 3.05) is 0 Å². The van der Waals surface area contributed by atoms with Gasteiger partial charge in [-0.15, -0.1) is 13.2 Å². The molecule has 0 bridgehead atoms. The van der Waals surface area contributed by atoms with Gasteiger partial charge in [0.2, 0.25) is 0 Å². The predicted octanol–water partition coefficient (Wildman–Crippen LogP) is 15.5. The van der Waals surface area contributed by atoms with Gasteiger partial charge in [-0.2, -0.15) is 0 Å². The highest BCUT2D eigenvalue weighted by atomic mass is 16.6. The molecule has 0 saturated carbocycles. The van der Waals surface area contributed by atoms with E-state index in [9.17, 15) is 4.79 Å². The number of carbonyl (C=O) groups is 1. The third-order valence-corrected chi connectivity index (χ3v) is 10.2. The molecule has 1 aliphatic heterocycles. The molecule has 0 spiro atoms. The first kappa shape index (κ1) is 42.7. The predicted molar refractivity (Wildman–Crippen MR) is 204 cm³/mol. The number of ether oxygens (including phenoxy) is 1. The van der Waals surface area contributed by atoms with Crippen LogP contribution < -0.4 is 0 Å². The Labute approximate surface area is 289 Å². The lowest BCUT2D eigenvalue weighted by Gasteiger charge is -2.28. The minimum atomic E-state index is 0.0182. The van der Waals surface area contributed by atoms with Crippen molar-refractivity contribution in [3.8, 4) is 0 Å².